The van der Waals surface area contributed by atoms with E-state index < -0.39 is 0 Å². The Kier molecular flexibility index (Phi) is 4.91. The molecule has 2 heteroatoms. The summed E-state index contributed by atoms with van der Waals surface area (Å²) in [6.07, 6.45) is 9.46. The highest BCUT2D eigenvalue weighted by atomic mass is 16.5. The van der Waals surface area contributed by atoms with Crippen LogP contribution in [0.2, 0.25) is 0 Å². The number of hydrogen-bond donors (Lipinski definition) is 0. The summed E-state index contributed by atoms with van der Waals surface area (Å²) in [5.74, 6) is 0. The highest BCUT2D eigenvalue weighted by Gasteiger charge is 2.18. The van der Waals surface area contributed by atoms with Crippen LogP contribution in [-0.2, 0) is 9.47 Å². The highest BCUT2D eigenvalue weighted by Crippen LogP contribution is 2.21. The lowest BCUT2D eigenvalue weighted by Crippen LogP contribution is -2.23. The fourth-order valence-corrected chi connectivity index (χ4v) is 1.92. The topological polar surface area (TPSA) is 18.5 Å². The molecule has 0 radical (unpaired) electrons. The quantitative estimate of drug-likeness (QED) is 0.628. The van der Waals surface area contributed by atoms with Crippen LogP contribution in [0.1, 0.15) is 38.5 Å². The van der Waals surface area contributed by atoms with E-state index in [-0.39, 0.29) is 0 Å². The average Bonchev–Trinajstić information content (AvgIpc) is 2.09. The third kappa shape index (κ3) is 3.81. The van der Waals surface area contributed by atoms with Crippen LogP contribution in [0.15, 0.2) is 12.8 Å². The van der Waals surface area contributed by atoms with Gasteiger partial charge in [0.1, 0.15) is 6.10 Å². The Bertz CT molecular complexity index is 145. The Morgan fingerprint density at radius 1 is 1.15 bits per heavy atom. The number of hydrogen-bond acceptors (Lipinski definition) is 2. The lowest BCUT2D eigenvalue weighted by atomic mass is 9.96. The number of ether oxygens (including phenoxy) is 2. The molecule has 0 aromatic carbocycles. The van der Waals surface area contributed by atoms with Crippen LogP contribution < -0.4 is 0 Å². The second-order valence-electron chi connectivity index (χ2n) is 3.66. The van der Waals surface area contributed by atoms with Crippen molar-refractivity contribution in [3.8, 4) is 0 Å². The van der Waals surface area contributed by atoms with E-state index >= 15 is 0 Å². The minimum absolute atomic E-state index is 0.322. The molecule has 1 rings (SSSR count). The molecule has 0 bridgehead atoms. The van der Waals surface area contributed by atoms with Crippen LogP contribution in [0.5, 0.6) is 0 Å². The van der Waals surface area contributed by atoms with E-state index in [0.717, 1.165) is 12.8 Å². The molecule has 2 unspecified atom stereocenters. The minimum Gasteiger partial charge on any atom is -0.499 e. The van der Waals surface area contributed by atoms with Crippen molar-refractivity contribution in [3.05, 3.63) is 12.8 Å². The fourth-order valence-electron chi connectivity index (χ4n) is 1.92. The SMILES string of the molecule is C=COC1CCCCCC(OC)C1. The molecule has 2 nitrogen and oxygen atoms in total. The van der Waals surface area contributed by atoms with E-state index in [1.807, 2.05) is 0 Å². The van der Waals surface area contributed by atoms with Gasteiger partial charge in [-0.1, -0.05) is 19.4 Å². The van der Waals surface area contributed by atoms with Gasteiger partial charge in [0.15, 0.2) is 0 Å². The van der Waals surface area contributed by atoms with Gasteiger partial charge in [0.2, 0.25) is 0 Å². The predicted molar refractivity (Wildman–Crippen MR) is 53.6 cm³/mol. The van der Waals surface area contributed by atoms with Crippen molar-refractivity contribution in [2.45, 2.75) is 50.7 Å². The van der Waals surface area contributed by atoms with E-state index in [0.29, 0.717) is 12.2 Å². The van der Waals surface area contributed by atoms with Crippen LogP contribution >= 0.6 is 0 Å². The van der Waals surface area contributed by atoms with Crippen molar-refractivity contribution in [3.63, 3.8) is 0 Å². The third-order valence-corrected chi connectivity index (χ3v) is 2.70. The summed E-state index contributed by atoms with van der Waals surface area (Å²) in [5, 5.41) is 0. The van der Waals surface area contributed by atoms with Gasteiger partial charge in [-0.15, -0.1) is 0 Å². The first-order valence-electron chi connectivity index (χ1n) is 5.16. The maximum absolute atomic E-state index is 5.43. The molecule has 0 heterocycles. The van der Waals surface area contributed by atoms with Crippen molar-refractivity contribution in [1.29, 1.82) is 0 Å². The molecule has 1 saturated carbocycles. The molecule has 0 spiro atoms. The Morgan fingerprint density at radius 3 is 2.46 bits per heavy atom. The molecule has 1 aliphatic carbocycles. The zero-order valence-corrected chi connectivity index (χ0v) is 8.50. The molecule has 0 aromatic heterocycles. The first-order chi connectivity index (χ1) is 6.36. The van der Waals surface area contributed by atoms with Gasteiger partial charge < -0.3 is 9.47 Å². The monoisotopic (exact) mass is 184 g/mol. The summed E-state index contributed by atoms with van der Waals surface area (Å²) >= 11 is 0. The van der Waals surface area contributed by atoms with E-state index in [1.165, 1.54) is 25.7 Å². The van der Waals surface area contributed by atoms with E-state index in [9.17, 15) is 0 Å². The first kappa shape index (κ1) is 10.6. The zero-order valence-electron chi connectivity index (χ0n) is 8.50. The summed E-state index contributed by atoms with van der Waals surface area (Å²) in [7, 11) is 1.79. The Balaban J connectivity index is 2.37. The molecule has 1 fully saturated rings. The molecule has 13 heavy (non-hydrogen) atoms. The van der Waals surface area contributed by atoms with Crippen LogP contribution in [0, 0.1) is 0 Å². The van der Waals surface area contributed by atoms with Gasteiger partial charge in [0, 0.05) is 13.5 Å². The van der Waals surface area contributed by atoms with Crippen molar-refractivity contribution < 1.29 is 9.47 Å². The second-order valence-corrected chi connectivity index (χ2v) is 3.66. The molecule has 0 amide bonds. The Labute approximate surface area is 80.9 Å². The molecule has 0 aromatic rings. The zero-order chi connectivity index (χ0) is 9.52. The molecular weight excluding hydrogens is 164 g/mol. The van der Waals surface area contributed by atoms with Crippen molar-refractivity contribution in [2.75, 3.05) is 7.11 Å². The highest BCUT2D eigenvalue weighted by molar-refractivity contribution is 4.72. The van der Waals surface area contributed by atoms with Gasteiger partial charge in [-0.25, -0.2) is 0 Å². The summed E-state index contributed by atoms with van der Waals surface area (Å²) in [6, 6.07) is 0. The van der Waals surface area contributed by atoms with Gasteiger partial charge in [-0.3, -0.25) is 0 Å². The van der Waals surface area contributed by atoms with Crippen molar-refractivity contribution >= 4 is 0 Å². The van der Waals surface area contributed by atoms with Gasteiger partial charge in [0.25, 0.3) is 0 Å². The Hall–Kier alpha value is -0.500. The van der Waals surface area contributed by atoms with Crippen LogP contribution in [0.25, 0.3) is 0 Å². The van der Waals surface area contributed by atoms with Crippen molar-refractivity contribution in [1.82, 2.24) is 0 Å². The molecule has 0 aliphatic heterocycles. The van der Waals surface area contributed by atoms with E-state index in [4.69, 9.17) is 9.47 Å². The van der Waals surface area contributed by atoms with Gasteiger partial charge in [0.05, 0.1) is 12.4 Å². The second kappa shape index (κ2) is 6.03. The third-order valence-electron chi connectivity index (χ3n) is 2.70. The summed E-state index contributed by atoms with van der Waals surface area (Å²) in [6.45, 7) is 3.60. The standard InChI is InChI=1S/C11H20O2/c1-3-13-11-8-6-4-5-7-10(9-11)12-2/h3,10-11H,1,4-9H2,2H3. The lowest BCUT2D eigenvalue weighted by Gasteiger charge is -2.24. The van der Waals surface area contributed by atoms with E-state index in [1.54, 1.807) is 13.4 Å². The fraction of sp³-hybridized carbons (Fsp3) is 0.818. The maximum Gasteiger partial charge on any atom is 0.100 e. The van der Waals surface area contributed by atoms with E-state index in [2.05, 4.69) is 6.58 Å². The van der Waals surface area contributed by atoms with Crippen LogP contribution in [0.3, 0.4) is 0 Å². The van der Waals surface area contributed by atoms with Crippen LogP contribution in [-0.4, -0.2) is 19.3 Å². The normalized spacial score (nSPS) is 30.2. The van der Waals surface area contributed by atoms with Gasteiger partial charge >= 0.3 is 0 Å². The minimum atomic E-state index is 0.322. The summed E-state index contributed by atoms with van der Waals surface area (Å²) in [4.78, 5) is 0. The van der Waals surface area contributed by atoms with Gasteiger partial charge in [-0.05, 0) is 19.3 Å². The first-order valence-corrected chi connectivity index (χ1v) is 5.16. The average molecular weight is 184 g/mol. The molecule has 76 valence electrons. The molecule has 0 N–H and O–H groups in total. The molecule has 0 saturated heterocycles. The lowest BCUT2D eigenvalue weighted by molar-refractivity contribution is 0.0220. The predicted octanol–water partition coefficient (Wildman–Crippen LogP) is 2.88. The summed E-state index contributed by atoms with van der Waals surface area (Å²) in [5.41, 5.74) is 0. The molecule has 2 atom stereocenters. The largest absolute Gasteiger partial charge is 0.499 e. The van der Waals surface area contributed by atoms with Crippen molar-refractivity contribution in [2.24, 2.45) is 0 Å². The van der Waals surface area contributed by atoms with Gasteiger partial charge in [-0.2, -0.15) is 0 Å². The summed E-state index contributed by atoms with van der Waals surface area (Å²) < 4.78 is 10.8. The maximum atomic E-state index is 5.43. The van der Waals surface area contributed by atoms with Crippen LogP contribution in [0.4, 0.5) is 0 Å². The molecular formula is C11H20O2. The number of methoxy groups -OCH3 is 1. The smallest absolute Gasteiger partial charge is 0.100 e. The number of rotatable bonds is 3. The Morgan fingerprint density at radius 2 is 1.85 bits per heavy atom. The molecule has 1 aliphatic rings.